The fourth-order valence-electron chi connectivity index (χ4n) is 3.04. The zero-order valence-corrected chi connectivity index (χ0v) is 15.5. The highest BCUT2D eigenvalue weighted by atomic mass is 32.1. The molecule has 0 atom stereocenters. The monoisotopic (exact) mass is 361 g/mol. The predicted octanol–water partition coefficient (Wildman–Crippen LogP) is 5.44. The number of thiophene rings is 1. The minimum atomic E-state index is -0.401. The van der Waals surface area contributed by atoms with Crippen LogP contribution < -0.4 is 0 Å². The molecule has 3 aromatic rings. The Bertz CT molecular complexity index is 1030. The Kier molecular flexibility index (Phi) is 4.43. The third kappa shape index (κ3) is 3.33. The lowest BCUT2D eigenvalue weighted by Crippen LogP contribution is -2.05. The van der Waals surface area contributed by atoms with Crippen LogP contribution in [-0.2, 0) is 16.0 Å². The van der Waals surface area contributed by atoms with E-state index in [1.54, 1.807) is 17.4 Å². The quantitative estimate of drug-likeness (QED) is 0.458. The minimum absolute atomic E-state index is 0.342. The average Bonchev–Trinajstić information content (AvgIpc) is 3.20. The molecular formula is C22H19NO2S. The topological polar surface area (TPSA) is 38.7 Å². The van der Waals surface area contributed by atoms with Crippen molar-refractivity contribution >= 4 is 39.4 Å². The van der Waals surface area contributed by atoms with E-state index in [2.05, 4.69) is 43.1 Å². The van der Waals surface area contributed by atoms with E-state index in [0.29, 0.717) is 17.5 Å². The Morgan fingerprint density at radius 2 is 1.88 bits per heavy atom. The number of carbonyl (C=O) groups is 1. The lowest BCUT2D eigenvalue weighted by molar-refractivity contribution is -0.129. The number of fused-ring (bicyclic) bond motifs is 1. The van der Waals surface area contributed by atoms with Gasteiger partial charge in [-0.2, -0.15) is 0 Å². The van der Waals surface area contributed by atoms with Crippen molar-refractivity contribution in [3.63, 3.8) is 0 Å². The van der Waals surface area contributed by atoms with Gasteiger partial charge in [-0.1, -0.05) is 44.2 Å². The lowest BCUT2D eigenvalue weighted by atomic mass is 10.0. The van der Waals surface area contributed by atoms with Crippen molar-refractivity contribution in [3.8, 4) is 0 Å². The van der Waals surface area contributed by atoms with E-state index in [9.17, 15) is 4.79 Å². The molecule has 4 rings (SSSR count). The summed E-state index contributed by atoms with van der Waals surface area (Å²) in [7, 11) is 0. The van der Waals surface area contributed by atoms with Crippen LogP contribution >= 0.6 is 11.3 Å². The van der Waals surface area contributed by atoms with Crippen LogP contribution in [0.2, 0.25) is 0 Å². The molecule has 1 aliphatic heterocycles. The maximum Gasteiger partial charge on any atom is 0.363 e. The van der Waals surface area contributed by atoms with Crippen LogP contribution in [0.15, 0.2) is 64.6 Å². The van der Waals surface area contributed by atoms with Gasteiger partial charge in [-0.25, -0.2) is 9.79 Å². The van der Waals surface area contributed by atoms with Gasteiger partial charge in [-0.05, 0) is 58.5 Å². The van der Waals surface area contributed by atoms with Gasteiger partial charge in [0.15, 0.2) is 5.70 Å². The van der Waals surface area contributed by atoms with Crippen LogP contribution in [0.1, 0.15) is 30.5 Å². The first kappa shape index (κ1) is 16.7. The molecule has 0 N–H and O–H groups in total. The van der Waals surface area contributed by atoms with Crippen LogP contribution in [0.25, 0.3) is 16.2 Å². The number of hydrogen-bond donors (Lipinski definition) is 0. The van der Waals surface area contributed by atoms with Gasteiger partial charge in [0.2, 0.25) is 5.90 Å². The van der Waals surface area contributed by atoms with Gasteiger partial charge in [0, 0.05) is 10.3 Å². The van der Waals surface area contributed by atoms with Crippen molar-refractivity contribution in [2.24, 2.45) is 10.9 Å². The van der Waals surface area contributed by atoms with Crippen LogP contribution in [-0.4, -0.2) is 11.9 Å². The Hall–Kier alpha value is -2.72. The highest BCUT2D eigenvalue weighted by Gasteiger charge is 2.24. The molecular weight excluding hydrogens is 342 g/mol. The molecule has 26 heavy (non-hydrogen) atoms. The second-order valence-electron chi connectivity index (χ2n) is 6.82. The van der Waals surface area contributed by atoms with Gasteiger partial charge in [0.25, 0.3) is 0 Å². The number of nitrogens with zero attached hydrogens (tertiary/aromatic N) is 1. The van der Waals surface area contributed by atoms with Crippen molar-refractivity contribution in [1.29, 1.82) is 0 Å². The summed E-state index contributed by atoms with van der Waals surface area (Å²) >= 11 is 1.66. The number of ether oxygens (including phenoxy) is 1. The summed E-state index contributed by atoms with van der Waals surface area (Å²) in [6.07, 6.45) is 2.84. The van der Waals surface area contributed by atoms with Gasteiger partial charge >= 0.3 is 5.97 Å². The van der Waals surface area contributed by atoms with Crippen molar-refractivity contribution in [2.75, 3.05) is 0 Å². The third-order valence-electron chi connectivity index (χ3n) is 4.27. The predicted molar refractivity (Wildman–Crippen MR) is 107 cm³/mol. The van der Waals surface area contributed by atoms with Crippen LogP contribution in [0, 0.1) is 5.92 Å². The zero-order chi connectivity index (χ0) is 18.1. The van der Waals surface area contributed by atoms with Gasteiger partial charge < -0.3 is 4.74 Å². The molecule has 4 heteroatoms. The number of carbonyl (C=O) groups excluding carboxylic acids is 1. The van der Waals surface area contributed by atoms with Crippen molar-refractivity contribution in [2.45, 2.75) is 20.3 Å². The number of aliphatic imine (C=N–C) groups is 1. The van der Waals surface area contributed by atoms with E-state index in [0.717, 1.165) is 22.9 Å². The normalized spacial score (nSPS) is 15.7. The summed E-state index contributed by atoms with van der Waals surface area (Å²) in [6, 6.07) is 16.2. The van der Waals surface area contributed by atoms with Crippen molar-refractivity contribution in [3.05, 3.63) is 76.3 Å². The van der Waals surface area contributed by atoms with Gasteiger partial charge in [0.1, 0.15) is 0 Å². The summed E-state index contributed by atoms with van der Waals surface area (Å²) in [5.41, 5.74) is 3.43. The van der Waals surface area contributed by atoms with E-state index >= 15 is 0 Å². The zero-order valence-electron chi connectivity index (χ0n) is 14.7. The maximum absolute atomic E-state index is 12.2. The first-order valence-corrected chi connectivity index (χ1v) is 9.56. The smallest absolute Gasteiger partial charge is 0.363 e. The molecule has 0 aliphatic carbocycles. The molecule has 0 fully saturated rings. The molecule has 0 bridgehead atoms. The summed E-state index contributed by atoms with van der Waals surface area (Å²) in [4.78, 5) is 16.7. The Morgan fingerprint density at radius 3 is 2.65 bits per heavy atom. The summed E-state index contributed by atoms with van der Waals surface area (Å²) in [6.45, 7) is 4.39. The molecule has 0 radical (unpaired) electrons. The van der Waals surface area contributed by atoms with Crippen molar-refractivity contribution in [1.82, 2.24) is 0 Å². The molecule has 1 aromatic heterocycles. The molecule has 0 saturated heterocycles. The number of benzene rings is 2. The standard InChI is InChI=1S/C22H19NO2S/c1-14(2)11-15-7-9-16(10-8-15)21-23-19(22(24)25-21)12-17-13-26-20-6-4-3-5-18(17)20/h3-10,12-14H,11H2,1-2H3. The third-order valence-corrected chi connectivity index (χ3v) is 5.25. The van der Waals surface area contributed by atoms with Crippen molar-refractivity contribution < 1.29 is 9.53 Å². The molecule has 0 spiro atoms. The Balaban J connectivity index is 1.63. The van der Waals surface area contributed by atoms with E-state index in [1.165, 1.54) is 10.3 Å². The SMILES string of the molecule is CC(C)Cc1ccc(C2=NC(=Cc3csc4ccccc34)C(=O)O2)cc1. The maximum atomic E-state index is 12.2. The summed E-state index contributed by atoms with van der Waals surface area (Å²) < 4.78 is 6.58. The number of esters is 1. The first-order valence-electron chi connectivity index (χ1n) is 8.68. The number of rotatable bonds is 4. The second-order valence-corrected chi connectivity index (χ2v) is 7.73. The number of hydrogen-bond acceptors (Lipinski definition) is 4. The van der Waals surface area contributed by atoms with E-state index in [4.69, 9.17) is 4.74 Å². The highest BCUT2D eigenvalue weighted by Crippen LogP contribution is 2.29. The van der Waals surface area contributed by atoms with E-state index in [-0.39, 0.29) is 0 Å². The largest absolute Gasteiger partial charge is 0.402 e. The van der Waals surface area contributed by atoms with Crippen LogP contribution in [0.5, 0.6) is 0 Å². The molecule has 2 aromatic carbocycles. The molecule has 130 valence electrons. The average molecular weight is 361 g/mol. The molecule has 0 saturated carbocycles. The number of cyclic esters (lactones) is 1. The summed E-state index contributed by atoms with van der Waals surface area (Å²) in [5.74, 6) is 0.580. The molecule has 2 heterocycles. The summed E-state index contributed by atoms with van der Waals surface area (Å²) in [5, 5.41) is 3.17. The molecule has 0 amide bonds. The molecule has 3 nitrogen and oxygen atoms in total. The minimum Gasteiger partial charge on any atom is -0.402 e. The van der Waals surface area contributed by atoms with Gasteiger partial charge in [0.05, 0.1) is 0 Å². The van der Waals surface area contributed by atoms with Crippen LogP contribution in [0.3, 0.4) is 0 Å². The van der Waals surface area contributed by atoms with E-state index in [1.807, 2.05) is 29.6 Å². The molecule has 1 aliphatic rings. The van der Waals surface area contributed by atoms with E-state index < -0.39 is 5.97 Å². The fourth-order valence-corrected chi connectivity index (χ4v) is 3.96. The van der Waals surface area contributed by atoms with Gasteiger partial charge in [-0.15, -0.1) is 11.3 Å². The fraction of sp³-hybridized carbons (Fsp3) is 0.182. The van der Waals surface area contributed by atoms with Crippen LogP contribution in [0.4, 0.5) is 0 Å². The van der Waals surface area contributed by atoms with Gasteiger partial charge in [-0.3, -0.25) is 0 Å². The first-order chi connectivity index (χ1) is 12.6. The lowest BCUT2D eigenvalue weighted by Gasteiger charge is -2.05. The molecule has 0 unspecified atom stereocenters. The second kappa shape index (κ2) is 6.89. The highest BCUT2D eigenvalue weighted by molar-refractivity contribution is 7.17. The Morgan fingerprint density at radius 1 is 1.12 bits per heavy atom. The Labute approximate surface area is 156 Å².